The molecule has 0 aliphatic heterocycles. The number of ketones is 2. The van der Waals surface area contributed by atoms with Crippen molar-refractivity contribution in [3.8, 4) is 0 Å². The molecule has 0 heterocycles. The molecule has 0 aromatic heterocycles. The summed E-state index contributed by atoms with van der Waals surface area (Å²) in [6.07, 6.45) is 5.07. The summed E-state index contributed by atoms with van der Waals surface area (Å²) in [6.45, 7) is 14.8. The van der Waals surface area contributed by atoms with Crippen LogP contribution in [0.25, 0.3) is 0 Å². The van der Waals surface area contributed by atoms with E-state index in [0.717, 1.165) is 24.8 Å². The molecule has 0 aromatic carbocycles. The highest BCUT2D eigenvalue weighted by Crippen LogP contribution is 2.41. The molecule has 0 saturated heterocycles. The van der Waals surface area contributed by atoms with Gasteiger partial charge in [-0.1, -0.05) is 51.0 Å². The van der Waals surface area contributed by atoms with E-state index in [1.54, 1.807) is 0 Å². The Kier molecular flexibility index (Phi) is 6.85. The third-order valence-corrected chi connectivity index (χ3v) is 5.42. The third-order valence-electron chi connectivity index (χ3n) is 5.42. The number of hydrogen-bond donors (Lipinski definition) is 2. The number of carbonyl (C=O) groups is 2. The van der Waals surface area contributed by atoms with Crippen molar-refractivity contribution in [2.24, 2.45) is 17.8 Å². The van der Waals surface area contributed by atoms with E-state index in [1.807, 2.05) is 26.8 Å². The Labute approximate surface area is 163 Å². The summed E-state index contributed by atoms with van der Waals surface area (Å²) in [7, 11) is 0. The lowest BCUT2D eigenvalue weighted by Crippen LogP contribution is -2.37. The summed E-state index contributed by atoms with van der Waals surface area (Å²) >= 11 is 0. The van der Waals surface area contributed by atoms with Crippen LogP contribution in [0.3, 0.4) is 0 Å². The summed E-state index contributed by atoms with van der Waals surface area (Å²) in [5.41, 5.74) is 3.25. The van der Waals surface area contributed by atoms with E-state index in [1.165, 1.54) is 5.57 Å². The van der Waals surface area contributed by atoms with E-state index in [2.05, 4.69) is 25.7 Å². The van der Waals surface area contributed by atoms with Gasteiger partial charge in [0.15, 0.2) is 0 Å². The molecule has 0 bridgehead atoms. The van der Waals surface area contributed by atoms with Crippen molar-refractivity contribution in [1.29, 1.82) is 0 Å². The fraction of sp³-hybridized carbons (Fsp3) is 0.565. The Morgan fingerprint density at radius 3 is 2.56 bits per heavy atom. The number of hydrogen-bond acceptors (Lipinski definition) is 4. The molecule has 0 unspecified atom stereocenters. The Bertz CT molecular complexity index is 737. The van der Waals surface area contributed by atoms with Crippen LogP contribution in [0.2, 0.25) is 0 Å². The highest BCUT2D eigenvalue weighted by molar-refractivity contribution is 6.50. The molecule has 0 aromatic rings. The molecule has 0 amide bonds. The maximum atomic E-state index is 13.0. The van der Waals surface area contributed by atoms with Crippen LogP contribution in [-0.4, -0.2) is 23.2 Å². The van der Waals surface area contributed by atoms with Gasteiger partial charge in [-0.05, 0) is 44.9 Å². The van der Waals surface area contributed by atoms with Gasteiger partial charge in [0.1, 0.15) is 5.76 Å². The minimum atomic E-state index is -0.562. The van der Waals surface area contributed by atoms with Gasteiger partial charge in [0.05, 0.1) is 11.3 Å². The molecule has 2 atom stereocenters. The second-order valence-corrected chi connectivity index (χ2v) is 8.33. The van der Waals surface area contributed by atoms with Crippen molar-refractivity contribution in [1.82, 2.24) is 5.32 Å². The van der Waals surface area contributed by atoms with E-state index >= 15 is 0 Å². The number of nitrogens with one attached hydrogen (secondary N) is 1. The Morgan fingerprint density at radius 1 is 1.33 bits per heavy atom. The zero-order valence-corrected chi connectivity index (χ0v) is 17.3. The van der Waals surface area contributed by atoms with Gasteiger partial charge in [-0.15, -0.1) is 0 Å². The number of carbonyl (C=O) groups excluding carboxylic acids is 2. The van der Waals surface area contributed by atoms with Crippen LogP contribution >= 0.6 is 0 Å². The average molecular weight is 372 g/mol. The first kappa shape index (κ1) is 21.2. The zero-order chi connectivity index (χ0) is 20.3. The highest BCUT2D eigenvalue weighted by atomic mass is 16.3. The van der Waals surface area contributed by atoms with Crippen LogP contribution in [0.5, 0.6) is 0 Å². The van der Waals surface area contributed by atoms with Crippen molar-refractivity contribution in [3.05, 3.63) is 46.4 Å². The van der Waals surface area contributed by atoms with Gasteiger partial charge in [-0.25, -0.2) is 0 Å². The van der Waals surface area contributed by atoms with Crippen molar-refractivity contribution in [2.75, 3.05) is 6.54 Å². The molecule has 148 valence electrons. The Morgan fingerprint density at radius 2 is 2.00 bits per heavy atom. The van der Waals surface area contributed by atoms with Gasteiger partial charge >= 0.3 is 0 Å². The standard InChI is InChI=1S/C23H33NO3/c1-7-8-17-20(24-12-13(2)3)22(26)19(23(27)21(17)25)18-11-15(6)9-10-16(18)14(4)5/h11,13,16,18,24,26H,4,7-10,12H2,1-3,5-6H3/t16-,18+/m0/s1. The van der Waals surface area contributed by atoms with Crippen LogP contribution in [0.15, 0.2) is 46.4 Å². The van der Waals surface area contributed by atoms with Gasteiger partial charge in [-0.3, -0.25) is 9.59 Å². The topological polar surface area (TPSA) is 66.4 Å². The van der Waals surface area contributed by atoms with E-state index in [-0.39, 0.29) is 23.2 Å². The molecule has 2 N–H and O–H groups in total. The molecule has 0 radical (unpaired) electrons. The van der Waals surface area contributed by atoms with Crippen molar-refractivity contribution in [2.45, 2.75) is 60.3 Å². The molecule has 2 aliphatic carbocycles. The fourth-order valence-electron chi connectivity index (χ4n) is 3.96. The molecule has 2 aliphatic rings. The maximum Gasteiger partial charge on any atom is 0.233 e. The summed E-state index contributed by atoms with van der Waals surface area (Å²) in [5, 5.41) is 14.3. The lowest BCUT2D eigenvalue weighted by molar-refractivity contribution is -0.133. The summed E-state index contributed by atoms with van der Waals surface area (Å²) < 4.78 is 0. The Balaban J connectivity index is 2.61. The van der Waals surface area contributed by atoms with Crippen LogP contribution in [-0.2, 0) is 9.59 Å². The first-order valence-corrected chi connectivity index (χ1v) is 10.0. The first-order chi connectivity index (χ1) is 12.7. The van der Waals surface area contributed by atoms with E-state index < -0.39 is 11.6 Å². The van der Waals surface area contributed by atoms with E-state index in [0.29, 0.717) is 30.2 Å². The molecule has 2 rings (SSSR count). The summed E-state index contributed by atoms with van der Waals surface area (Å²) in [4.78, 5) is 25.9. The molecule has 0 saturated carbocycles. The number of rotatable bonds is 7. The first-order valence-electron chi connectivity index (χ1n) is 10.0. The molecule has 4 nitrogen and oxygen atoms in total. The number of Topliss-reactive ketones (excluding diaryl/α,β-unsaturated/α-hetero) is 2. The monoisotopic (exact) mass is 371 g/mol. The van der Waals surface area contributed by atoms with Gasteiger partial charge in [-0.2, -0.15) is 0 Å². The molecule has 0 fully saturated rings. The maximum absolute atomic E-state index is 13.0. The predicted molar refractivity (Wildman–Crippen MR) is 109 cm³/mol. The number of aliphatic hydroxyl groups excluding tert-OH is 1. The van der Waals surface area contributed by atoms with Crippen molar-refractivity contribution in [3.63, 3.8) is 0 Å². The van der Waals surface area contributed by atoms with Crippen molar-refractivity contribution >= 4 is 11.6 Å². The smallest absolute Gasteiger partial charge is 0.233 e. The van der Waals surface area contributed by atoms with Crippen LogP contribution in [0.1, 0.15) is 60.3 Å². The van der Waals surface area contributed by atoms with E-state index in [4.69, 9.17) is 0 Å². The Hall–Kier alpha value is -2.10. The van der Waals surface area contributed by atoms with Crippen LogP contribution in [0.4, 0.5) is 0 Å². The molecular weight excluding hydrogens is 338 g/mol. The SMILES string of the molecule is C=C(C)[C@@H]1CCC(C)=C[C@H]1C1=C(O)C(NCC(C)C)=C(CCC)C(=O)C1=O. The van der Waals surface area contributed by atoms with Gasteiger partial charge in [0, 0.05) is 18.0 Å². The number of aliphatic hydroxyl groups is 1. The zero-order valence-electron chi connectivity index (χ0n) is 17.3. The van der Waals surface area contributed by atoms with Crippen LogP contribution in [0, 0.1) is 17.8 Å². The molecule has 27 heavy (non-hydrogen) atoms. The molecular formula is C23H33NO3. The van der Waals surface area contributed by atoms with Gasteiger partial charge in [0.25, 0.3) is 0 Å². The largest absolute Gasteiger partial charge is 0.505 e. The molecule has 4 heteroatoms. The van der Waals surface area contributed by atoms with E-state index in [9.17, 15) is 14.7 Å². The minimum absolute atomic E-state index is 0.0501. The average Bonchev–Trinajstić information content (AvgIpc) is 2.59. The second kappa shape index (κ2) is 8.73. The third kappa shape index (κ3) is 4.42. The lowest BCUT2D eigenvalue weighted by atomic mass is 9.70. The number of allylic oxidation sites excluding steroid dienone is 5. The van der Waals surface area contributed by atoms with Gasteiger partial charge < -0.3 is 10.4 Å². The second-order valence-electron chi connectivity index (χ2n) is 8.33. The van der Waals surface area contributed by atoms with Gasteiger partial charge in [0.2, 0.25) is 11.6 Å². The normalized spacial score (nSPS) is 23.9. The highest BCUT2D eigenvalue weighted by Gasteiger charge is 2.41. The minimum Gasteiger partial charge on any atom is -0.505 e. The predicted octanol–water partition coefficient (Wildman–Crippen LogP) is 4.80. The van der Waals surface area contributed by atoms with Crippen molar-refractivity contribution < 1.29 is 14.7 Å². The summed E-state index contributed by atoms with van der Waals surface area (Å²) in [6, 6.07) is 0. The summed E-state index contributed by atoms with van der Waals surface area (Å²) in [5.74, 6) is -0.982. The lowest BCUT2D eigenvalue weighted by Gasteiger charge is -2.34. The quantitative estimate of drug-likeness (QED) is 0.383. The van der Waals surface area contributed by atoms with Crippen LogP contribution < -0.4 is 5.32 Å². The fourth-order valence-corrected chi connectivity index (χ4v) is 3.96. The molecule has 0 spiro atoms.